The van der Waals surface area contributed by atoms with Gasteiger partial charge >= 0.3 is 49.9 Å². The third-order valence-corrected chi connectivity index (χ3v) is 2.80. The fourth-order valence-corrected chi connectivity index (χ4v) is 1.83. The zero-order valence-corrected chi connectivity index (χ0v) is 19.0. The van der Waals surface area contributed by atoms with Crippen molar-refractivity contribution in [1.82, 2.24) is 15.1 Å². The van der Waals surface area contributed by atoms with Crippen molar-refractivity contribution in [2.45, 2.75) is 6.54 Å². The van der Waals surface area contributed by atoms with E-state index in [4.69, 9.17) is 4.74 Å². The molecule has 0 atom stereocenters. The first kappa shape index (κ1) is 20.7. The van der Waals surface area contributed by atoms with Gasteiger partial charge in [-0.3, -0.25) is 0 Å². The van der Waals surface area contributed by atoms with Crippen LogP contribution >= 0.6 is 38.7 Å². The van der Waals surface area contributed by atoms with E-state index in [1.54, 1.807) is 0 Å². The minimum atomic E-state index is 0.523. The minimum absolute atomic E-state index is 0.523. The Morgan fingerprint density at radius 3 is 2.23 bits per heavy atom. The summed E-state index contributed by atoms with van der Waals surface area (Å²) in [6.07, 6.45) is 4.01. The van der Waals surface area contributed by atoms with Crippen molar-refractivity contribution in [3.05, 3.63) is 55.0 Å². The number of rotatable bonds is 2. The van der Waals surface area contributed by atoms with Crippen molar-refractivity contribution in [3.8, 4) is 0 Å². The summed E-state index contributed by atoms with van der Waals surface area (Å²) in [5.74, 6) is 0. The standard InChI is InChI=1S/C11H12N2.C4H9NO.2HI.Pt/c1-12-7-8-13(10-12)9-11-5-3-2-4-6-11;1-3-6-4-2-5-1;;;/h2-8H,9H2,1H3;5H,1-4H2;2*1H;/q;;;;+2/p-2. The number of halogens is 2. The zero-order chi connectivity index (χ0) is 16.0. The fourth-order valence-electron chi connectivity index (χ4n) is 1.83. The number of hydrogen-bond donors (Lipinski definition) is 1. The Kier molecular flexibility index (Phi) is 13.2. The van der Waals surface area contributed by atoms with Crippen LogP contribution in [-0.2, 0) is 22.5 Å². The Morgan fingerprint density at radius 1 is 1.18 bits per heavy atom. The summed E-state index contributed by atoms with van der Waals surface area (Å²) in [6.45, 7) is 7.88. The molecule has 2 radical (unpaired) electrons. The summed E-state index contributed by atoms with van der Waals surface area (Å²) in [6, 6.07) is 10.4. The van der Waals surface area contributed by atoms with E-state index in [-0.39, 0.29) is 0 Å². The van der Waals surface area contributed by atoms with Crippen LogP contribution < -0.4 is 5.32 Å². The van der Waals surface area contributed by atoms with Crippen LogP contribution in [0.15, 0.2) is 42.7 Å². The van der Waals surface area contributed by atoms with E-state index in [1.165, 1.54) is 5.56 Å². The van der Waals surface area contributed by atoms with Gasteiger partial charge in [-0.05, 0) is 5.56 Å². The van der Waals surface area contributed by atoms with Crippen LogP contribution in [0.1, 0.15) is 5.56 Å². The van der Waals surface area contributed by atoms with E-state index in [1.807, 2.05) is 35.3 Å². The van der Waals surface area contributed by atoms with Crippen LogP contribution in [0.2, 0.25) is 0 Å². The molecule has 22 heavy (non-hydrogen) atoms. The van der Waals surface area contributed by atoms with Crippen LogP contribution in [-0.4, -0.2) is 43.2 Å². The first-order valence-electron chi connectivity index (χ1n) is 6.85. The molecule has 0 unspecified atom stereocenters. The first-order chi connectivity index (χ1) is 10.8. The van der Waals surface area contributed by atoms with Gasteiger partial charge in [-0.1, -0.05) is 30.3 Å². The number of morpholine rings is 1. The van der Waals surface area contributed by atoms with Gasteiger partial charge in [0, 0.05) is 39.1 Å². The first-order valence-corrected chi connectivity index (χ1v) is 19.7. The SMILES string of the molecule is C1COCCN1.CN1[C]N(Cc2ccccc2)C=C1.[I][Pt][I]. The molecule has 0 aliphatic carbocycles. The van der Waals surface area contributed by atoms with Crippen molar-refractivity contribution in [2.24, 2.45) is 0 Å². The molecule has 1 N–H and O–H groups in total. The molecule has 0 aromatic heterocycles. The van der Waals surface area contributed by atoms with E-state index in [0.29, 0.717) is 11.2 Å². The van der Waals surface area contributed by atoms with Gasteiger partial charge in [0.15, 0.2) is 0 Å². The summed E-state index contributed by atoms with van der Waals surface area (Å²) in [7, 11) is 1.97. The third kappa shape index (κ3) is 10.4. The maximum absolute atomic E-state index is 5.01. The molecule has 0 bridgehead atoms. The van der Waals surface area contributed by atoms with Gasteiger partial charge in [-0.15, -0.1) is 0 Å². The Morgan fingerprint density at radius 2 is 1.82 bits per heavy atom. The van der Waals surface area contributed by atoms with Gasteiger partial charge in [0.25, 0.3) is 0 Å². The molecule has 2 heterocycles. The normalized spacial score (nSPS) is 16.7. The molecule has 4 nitrogen and oxygen atoms in total. The van der Waals surface area contributed by atoms with Gasteiger partial charge in [-0.25, -0.2) is 0 Å². The molecule has 1 aromatic carbocycles. The number of hydrogen-bond acceptors (Lipinski definition) is 4. The van der Waals surface area contributed by atoms with Gasteiger partial charge in [0.05, 0.1) is 13.2 Å². The van der Waals surface area contributed by atoms with Crippen LogP contribution in [0.3, 0.4) is 0 Å². The average Bonchev–Trinajstić information content (AvgIpc) is 2.96. The number of ether oxygens (including phenoxy) is 1. The predicted molar refractivity (Wildman–Crippen MR) is 104 cm³/mol. The van der Waals surface area contributed by atoms with Crippen molar-refractivity contribution >= 4 is 38.7 Å². The molecule has 126 valence electrons. The predicted octanol–water partition coefficient (Wildman–Crippen LogP) is 3.28. The summed E-state index contributed by atoms with van der Waals surface area (Å²) < 4.78 is 5.01. The van der Waals surface area contributed by atoms with E-state index in [0.717, 1.165) is 32.8 Å². The number of nitrogens with zero attached hydrogens (tertiary/aromatic N) is 2. The number of nitrogens with one attached hydrogen (secondary N) is 1. The van der Waals surface area contributed by atoms with E-state index >= 15 is 0 Å². The Bertz CT molecular complexity index is 394. The van der Waals surface area contributed by atoms with Gasteiger partial charge in [-0.2, -0.15) is 0 Å². The molecule has 0 amide bonds. The van der Waals surface area contributed by atoms with Crippen molar-refractivity contribution < 1.29 is 15.9 Å². The van der Waals surface area contributed by atoms with Gasteiger partial charge in [0.1, 0.15) is 0 Å². The van der Waals surface area contributed by atoms with E-state index in [2.05, 4.69) is 75.0 Å². The summed E-state index contributed by atoms with van der Waals surface area (Å²) in [5.41, 5.74) is 1.30. The fraction of sp³-hybridized carbons (Fsp3) is 0.400. The Hall–Kier alpha value is 0.628. The van der Waals surface area contributed by atoms with Crippen molar-refractivity contribution in [1.29, 1.82) is 0 Å². The molecule has 1 fully saturated rings. The van der Waals surface area contributed by atoms with Crippen molar-refractivity contribution in [2.75, 3.05) is 33.4 Å². The van der Waals surface area contributed by atoms with Gasteiger partial charge < -0.3 is 19.9 Å². The molecule has 3 rings (SSSR count). The molecule has 2 aliphatic heterocycles. The van der Waals surface area contributed by atoms with Gasteiger partial charge in [0.2, 0.25) is 6.67 Å². The molecular formula is C15H21I2N3OPt. The molecular weight excluding hydrogens is 687 g/mol. The van der Waals surface area contributed by atoms with Crippen LogP contribution in [0, 0.1) is 6.67 Å². The molecule has 7 heteroatoms. The third-order valence-electron chi connectivity index (χ3n) is 2.80. The summed E-state index contributed by atoms with van der Waals surface area (Å²) in [4.78, 5) is 3.96. The van der Waals surface area contributed by atoms with Crippen LogP contribution in [0.25, 0.3) is 0 Å². The molecule has 0 saturated carbocycles. The van der Waals surface area contributed by atoms with E-state index < -0.39 is 0 Å². The quantitative estimate of drug-likeness (QED) is 0.478. The Balaban J connectivity index is 0.000000224. The zero-order valence-electron chi connectivity index (χ0n) is 12.5. The van der Waals surface area contributed by atoms with E-state index in [9.17, 15) is 0 Å². The monoisotopic (exact) mass is 708 g/mol. The summed E-state index contributed by atoms with van der Waals surface area (Å²) >= 11 is 5.30. The topological polar surface area (TPSA) is 27.7 Å². The second kappa shape index (κ2) is 14.0. The second-order valence-corrected chi connectivity index (χ2v) is 21.1. The second-order valence-electron chi connectivity index (χ2n) is 4.53. The number of benzene rings is 1. The molecule has 1 aromatic rings. The molecule has 2 aliphatic rings. The van der Waals surface area contributed by atoms with Crippen LogP contribution in [0.5, 0.6) is 0 Å². The molecule has 0 spiro atoms. The molecule has 1 saturated heterocycles. The Labute approximate surface area is 163 Å². The summed E-state index contributed by atoms with van der Waals surface area (Å²) in [5, 5.41) is 3.16. The van der Waals surface area contributed by atoms with Crippen LogP contribution in [0.4, 0.5) is 0 Å². The maximum atomic E-state index is 5.01. The average molecular weight is 708 g/mol. The van der Waals surface area contributed by atoms with Crippen molar-refractivity contribution in [3.63, 3.8) is 0 Å².